The molecule has 2 heterocycles. The van der Waals surface area contributed by atoms with Crippen molar-refractivity contribution < 1.29 is 4.79 Å². The molecule has 1 saturated heterocycles. The molecule has 3 rings (SSSR count). The first-order chi connectivity index (χ1) is 10.6. The number of fused-ring (bicyclic) bond motifs is 1. The van der Waals surface area contributed by atoms with Crippen LogP contribution in [0, 0.1) is 6.92 Å². The van der Waals surface area contributed by atoms with E-state index in [0.29, 0.717) is 11.4 Å². The van der Waals surface area contributed by atoms with Crippen LogP contribution in [0.2, 0.25) is 0 Å². The number of pyridine rings is 1. The van der Waals surface area contributed by atoms with Gasteiger partial charge >= 0.3 is 0 Å². The maximum absolute atomic E-state index is 12.8. The maximum Gasteiger partial charge on any atom is 0.273 e. The van der Waals surface area contributed by atoms with E-state index in [4.69, 9.17) is 5.73 Å². The van der Waals surface area contributed by atoms with E-state index in [2.05, 4.69) is 16.8 Å². The molecule has 2 aromatic rings. The van der Waals surface area contributed by atoms with Crippen LogP contribution in [-0.4, -0.2) is 53.4 Å². The fraction of sp³-hybridized carbons (Fsp3) is 0.412. The number of hydrogen-bond donors (Lipinski definition) is 1. The van der Waals surface area contributed by atoms with E-state index in [1.165, 1.54) is 0 Å². The normalized spacial score (nSPS) is 16.2. The van der Waals surface area contributed by atoms with Gasteiger partial charge in [-0.2, -0.15) is 0 Å². The summed E-state index contributed by atoms with van der Waals surface area (Å²) in [6, 6.07) is 5.79. The first-order valence-corrected chi connectivity index (χ1v) is 7.76. The largest absolute Gasteiger partial charge is 0.398 e. The zero-order valence-electron chi connectivity index (χ0n) is 13.2. The summed E-state index contributed by atoms with van der Waals surface area (Å²) in [5, 5.41) is 1.75. The average Bonchev–Trinajstić information content (AvgIpc) is 2.54. The molecule has 2 N–H and O–H groups in total. The highest BCUT2D eigenvalue weighted by molar-refractivity contribution is 6.08. The summed E-state index contributed by atoms with van der Waals surface area (Å²) in [7, 11) is 0. The summed E-state index contributed by atoms with van der Waals surface area (Å²) in [4.78, 5) is 21.4. The number of aromatic nitrogens is 1. The second kappa shape index (κ2) is 5.93. The van der Waals surface area contributed by atoms with Gasteiger partial charge in [0.15, 0.2) is 0 Å². The summed E-state index contributed by atoms with van der Waals surface area (Å²) >= 11 is 0. The number of amides is 1. The summed E-state index contributed by atoms with van der Waals surface area (Å²) in [5.74, 6) is 0.00588. The van der Waals surface area contributed by atoms with Crippen molar-refractivity contribution in [2.45, 2.75) is 13.8 Å². The smallest absolute Gasteiger partial charge is 0.273 e. The summed E-state index contributed by atoms with van der Waals surface area (Å²) in [6.45, 7) is 8.52. The molecule has 1 aliphatic heterocycles. The molecule has 5 nitrogen and oxygen atoms in total. The number of hydrogen-bond acceptors (Lipinski definition) is 4. The third-order valence-corrected chi connectivity index (χ3v) is 4.37. The summed E-state index contributed by atoms with van der Waals surface area (Å²) in [6.07, 6.45) is 1.67. The Morgan fingerprint density at radius 3 is 2.64 bits per heavy atom. The fourth-order valence-corrected chi connectivity index (χ4v) is 3.05. The van der Waals surface area contributed by atoms with Gasteiger partial charge in [0.2, 0.25) is 0 Å². The number of likely N-dealkylation sites (N-methyl/N-ethyl adjacent to an activating group) is 1. The van der Waals surface area contributed by atoms with Gasteiger partial charge < -0.3 is 15.5 Å². The van der Waals surface area contributed by atoms with Crippen LogP contribution in [0.4, 0.5) is 5.69 Å². The third kappa shape index (κ3) is 2.64. The number of nitrogens with zero attached hydrogens (tertiary/aromatic N) is 3. The van der Waals surface area contributed by atoms with E-state index in [1.54, 1.807) is 6.20 Å². The highest BCUT2D eigenvalue weighted by Crippen LogP contribution is 2.25. The van der Waals surface area contributed by atoms with Gasteiger partial charge in [-0.05, 0) is 37.2 Å². The SMILES string of the molecule is CCN1CCN(C(=O)c2nccc3c(N)cc(C)cc23)CC1. The molecular weight excluding hydrogens is 276 g/mol. The molecule has 0 aliphatic carbocycles. The van der Waals surface area contributed by atoms with Crippen molar-refractivity contribution in [1.29, 1.82) is 0 Å². The van der Waals surface area contributed by atoms with Gasteiger partial charge in [-0.15, -0.1) is 0 Å². The molecule has 22 heavy (non-hydrogen) atoms. The molecule has 0 unspecified atom stereocenters. The lowest BCUT2D eigenvalue weighted by Crippen LogP contribution is -2.48. The van der Waals surface area contributed by atoms with E-state index in [-0.39, 0.29) is 5.91 Å². The van der Waals surface area contributed by atoms with Crippen molar-refractivity contribution in [3.63, 3.8) is 0 Å². The number of nitrogens with two attached hydrogens (primary N) is 1. The van der Waals surface area contributed by atoms with Crippen LogP contribution in [0.5, 0.6) is 0 Å². The Hall–Kier alpha value is -2.14. The molecular formula is C17H22N4O. The zero-order valence-corrected chi connectivity index (χ0v) is 13.2. The van der Waals surface area contributed by atoms with Gasteiger partial charge in [-0.3, -0.25) is 9.78 Å². The molecule has 0 saturated carbocycles. The van der Waals surface area contributed by atoms with Crippen LogP contribution in [0.3, 0.4) is 0 Å². The number of benzene rings is 1. The second-order valence-electron chi connectivity index (χ2n) is 5.84. The summed E-state index contributed by atoms with van der Waals surface area (Å²) < 4.78 is 0. The topological polar surface area (TPSA) is 62.5 Å². The molecule has 1 aliphatic rings. The maximum atomic E-state index is 12.8. The van der Waals surface area contributed by atoms with E-state index in [1.807, 2.05) is 30.0 Å². The van der Waals surface area contributed by atoms with Crippen LogP contribution >= 0.6 is 0 Å². The van der Waals surface area contributed by atoms with Gasteiger partial charge in [0, 0.05) is 48.8 Å². The minimum atomic E-state index is 0.00588. The van der Waals surface area contributed by atoms with E-state index in [9.17, 15) is 4.79 Å². The van der Waals surface area contributed by atoms with Crippen LogP contribution < -0.4 is 5.73 Å². The Kier molecular flexibility index (Phi) is 3.98. The standard InChI is InChI=1S/C17H22N4O/c1-3-20-6-8-21(9-7-20)17(22)16-14-10-12(2)11-15(18)13(14)4-5-19-16/h4-5,10-11H,3,6-9,18H2,1-2H3. The molecule has 0 radical (unpaired) electrons. The Balaban J connectivity index is 1.95. The van der Waals surface area contributed by atoms with Gasteiger partial charge in [0.25, 0.3) is 5.91 Å². The molecule has 0 bridgehead atoms. The van der Waals surface area contributed by atoms with Crippen LogP contribution in [0.25, 0.3) is 10.8 Å². The monoisotopic (exact) mass is 298 g/mol. The lowest BCUT2D eigenvalue weighted by atomic mass is 10.0. The summed E-state index contributed by atoms with van der Waals surface area (Å²) in [5.41, 5.74) is 8.33. The van der Waals surface area contributed by atoms with Crippen LogP contribution in [0.1, 0.15) is 23.0 Å². The molecule has 1 aromatic carbocycles. The number of piperazine rings is 1. The Labute approximate surface area is 130 Å². The Morgan fingerprint density at radius 2 is 1.95 bits per heavy atom. The third-order valence-electron chi connectivity index (χ3n) is 4.37. The van der Waals surface area contributed by atoms with E-state index >= 15 is 0 Å². The second-order valence-corrected chi connectivity index (χ2v) is 5.84. The average molecular weight is 298 g/mol. The van der Waals surface area contributed by atoms with Gasteiger partial charge in [0.05, 0.1) is 0 Å². The highest BCUT2D eigenvalue weighted by atomic mass is 16.2. The lowest BCUT2D eigenvalue weighted by molar-refractivity contribution is 0.0640. The van der Waals surface area contributed by atoms with Crippen molar-refractivity contribution in [2.75, 3.05) is 38.5 Å². The number of aryl methyl sites for hydroxylation is 1. The first kappa shape index (κ1) is 14.8. The molecule has 5 heteroatoms. The van der Waals surface area contributed by atoms with Gasteiger partial charge in [0.1, 0.15) is 5.69 Å². The van der Waals surface area contributed by atoms with E-state index in [0.717, 1.165) is 49.1 Å². The predicted molar refractivity (Wildman–Crippen MR) is 88.9 cm³/mol. The molecule has 0 spiro atoms. The number of nitrogen functional groups attached to an aromatic ring is 1. The molecule has 0 atom stereocenters. The predicted octanol–water partition coefficient (Wildman–Crippen LogP) is 1.90. The van der Waals surface area contributed by atoms with Gasteiger partial charge in [-0.1, -0.05) is 6.92 Å². The molecule has 116 valence electrons. The van der Waals surface area contributed by atoms with Crippen molar-refractivity contribution in [2.24, 2.45) is 0 Å². The van der Waals surface area contributed by atoms with Crippen molar-refractivity contribution in [3.8, 4) is 0 Å². The minimum Gasteiger partial charge on any atom is -0.398 e. The van der Waals surface area contributed by atoms with E-state index < -0.39 is 0 Å². The minimum absolute atomic E-state index is 0.00588. The lowest BCUT2D eigenvalue weighted by Gasteiger charge is -2.34. The Morgan fingerprint density at radius 1 is 1.23 bits per heavy atom. The molecule has 1 fully saturated rings. The number of carbonyl (C=O) groups is 1. The van der Waals surface area contributed by atoms with Crippen LogP contribution in [-0.2, 0) is 0 Å². The number of carbonyl (C=O) groups excluding carboxylic acids is 1. The van der Waals surface area contributed by atoms with Crippen molar-refractivity contribution >= 4 is 22.4 Å². The Bertz CT molecular complexity index is 705. The van der Waals surface area contributed by atoms with Crippen molar-refractivity contribution in [3.05, 3.63) is 35.7 Å². The first-order valence-electron chi connectivity index (χ1n) is 7.76. The fourth-order valence-electron chi connectivity index (χ4n) is 3.05. The quantitative estimate of drug-likeness (QED) is 0.860. The molecule has 1 aromatic heterocycles. The number of rotatable bonds is 2. The zero-order chi connectivity index (χ0) is 15.7. The van der Waals surface area contributed by atoms with Crippen LogP contribution in [0.15, 0.2) is 24.4 Å². The van der Waals surface area contributed by atoms with Gasteiger partial charge in [-0.25, -0.2) is 0 Å². The molecule has 1 amide bonds. The number of anilines is 1. The highest BCUT2D eigenvalue weighted by Gasteiger charge is 2.23. The van der Waals surface area contributed by atoms with Crippen molar-refractivity contribution in [1.82, 2.24) is 14.8 Å².